The summed E-state index contributed by atoms with van der Waals surface area (Å²) < 4.78 is 1.77. The zero-order valence-corrected chi connectivity index (χ0v) is 13.2. The van der Waals surface area contributed by atoms with Crippen molar-refractivity contribution in [3.8, 4) is 0 Å². The number of aromatic nitrogens is 4. The van der Waals surface area contributed by atoms with Crippen LogP contribution in [0.25, 0.3) is 4.96 Å². The lowest BCUT2D eigenvalue weighted by atomic mass is 9.72. The molecule has 1 aliphatic rings. The lowest BCUT2D eigenvalue weighted by Crippen LogP contribution is -2.35. The summed E-state index contributed by atoms with van der Waals surface area (Å²) in [5, 5.41) is 23.4. The van der Waals surface area contributed by atoms with E-state index in [1.165, 1.54) is 11.3 Å². The number of hydrogen-bond donors (Lipinski definition) is 1. The first-order valence-electron chi connectivity index (χ1n) is 7.46. The van der Waals surface area contributed by atoms with Crippen LogP contribution in [-0.2, 0) is 11.2 Å². The third-order valence-electron chi connectivity index (χ3n) is 4.33. The molecule has 6 nitrogen and oxygen atoms in total. The largest absolute Gasteiger partial charge is 0.481 e. The van der Waals surface area contributed by atoms with Crippen LogP contribution in [0.1, 0.15) is 62.7 Å². The van der Waals surface area contributed by atoms with Crippen LogP contribution in [0.3, 0.4) is 0 Å². The summed E-state index contributed by atoms with van der Waals surface area (Å²) >= 11 is 1.46. The summed E-state index contributed by atoms with van der Waals surface area (Å²) in [6.45, 7) is 4.10. The lowest BCUT2D eigenvalue weighted by molar-refractivity contribution is -0.151. The molecule has 2 aromatic heterocycles. The molecule has 0 radical (unpaired) electrons. The maximum Gasteiger partial charge on any atom is 0.310 e. The van der Waals surface area contributed by atoms with Crippen LogP contribution >= 0.6 is 11.3 Å². The molecule has 0 spiro atoms. The van der Waals surface area contributed by atoms with E-state index in [0.717, 1.165) is 47.9 Å². The van der Waals surface area contributed by atoms with Gasteiger partial charge in [-0.15, -0.1) is 10.2 Å². The van der Waals surface area contributed by atoms with Crippen molar-refractivity contribution < 1.29 is 9.90 Å². The Morgan fingerprint density at radius 1 is 1.33 bits per heavy atom. The second kappa shape index (κ2) is 5.36. The predicted molar refractivity (Wildman–Crippen MR) is 79.6 cm³/mol. The average Bonchev–Trinajstić information content (AvgIpc) is 2.98. The van der Waals surface area contributed by atoms with Crippen molar-refractivity contribution in [1.29, 1.82) is 0 Å². The van der Waals surface area contributed by atoms with E-state index in [1.54, 1.807) is 4.52 Å². The molecule has 21 heavy (non-hydrogen) atoms. The number of carbonyl (C=O) groups is 1. The van der Waals surface area contributed by atoms with Gasteiger partial charge in [-0.2, -0.15) is 9.61 Å². The fraction of sp³-hybridized carbons (Fsp3) is 0.714. The first-order valence-corrected chi connectivity index (χ1v) is 8.28. The highest BCUT2D eigenvalue weighted by atomic mass is 32.1. The van der Waals surface area contributed by atoms with E-state index in [-0.39, 0.29) is 5.92 Å². The Morgan fingerprint density at radius 3 is 2.67 bits per heavy atom. The van der Waals surface area contributed by atoms with E-state index in [9.17, 15) is 9.90 Å². The second-order valence-corrected chi connectivity index (χ2v) is 7.27. The van der Waals surface area contributed by atoms with Crippen molar-refractivity contribution in [2.75, 3.05) is 0 Å². The molecule has 2 aromatic rings. The number of fused-ring (bicyclic) bond motifs is 1. The van der Waals surface area contributed by atoms with Gasteiger partial charge in [0.1, 0.15) is 5.01 Å². The van der Waals surface area contributed by atoms with E-state index < -0.39 is 11.4 Å². The lowest BCUT2D eigenvalue weighted by Gasteiger charge is -2.32. The molecule has 1 saturated carbocycles. The average molecular weight is 308 g/mol. The normalized spacial score (nSPS) is 18.4. The summed E-state index contributed by atoms with van der Waals surface area (Å²) in [5.41, 5.74) is -0.639. The molecule has 0 atom stereocenters. The second-order valence-electron chi connectivity index (χ2n) is 6.23. The highest BCUT2D eigenvalue weighted by Crippen LogP contribution is 2.40. The zero-order chi connectivity index (χ0) is 15.0. The molecule has 0 saturated heterocycles. The van der Waals surface area contributed by atoms with E-state index in [2.05, 4.69) is 29.1 Å². The van der Waals surface area contributed by atoms with Crippen LogP contribution in [0, 0.1) is 5.41 Å². The fourth-order valence-corrected chi connectivity index (χ4v) is 4.07. The smallest absolute Gasteiger partial charge is 0.310 e. The maximum absolute atomic E-state index is 11.8. The van der Waals surface area contributed by atoms with Gasteiger partial charge in [-0.05, 0) is 12.8 Å². The van der Waals surface area contributed by atoms with E-state index in [0.29, 0.717) is 6.42 Å². The number of rotatable bonds is 4. The molecular weight excluding hydrogens is 288 g/mol. The molecule has 0 unspecified atom stereocenters. The quantitative estimate of drug-likeness (QED) is 0.939. The molecule has 0 aliphatic heterocycles. The first kappa shape index (κ1) is 14.4. The zero-order valence-electron chi connectivity index (χ0n) is 12.4. The predicted octanol–water partition coefficient (Wildman–Crippen LogP) is 2.89. The van der Waals surface area contributed by atoms with Gasteiger partial charge in [0.15, 0.2) is 5.82 Å². The minimum atomic E-state index is -0.683. The maximum atomic E-state index is 11.8. The van der Waals surface area contributed by atoms with Gasteiger partial charge in [-0.1, -0.05) is 44.4 Å². The SMILES string of the molecule is CC(C)c1nnc2sc(CC3(C(=O)O)CCCCC3)nn12. The number of nitrogens with zero attached hydrogens (tertiary/aromatic N) is 4. The van der Waals surface area contributed by atoms with Gasteiger partial charge in [0.05, 0.1) is 5.41 Å². The highest BCUT2D eigenvalue weighted by molar-refractivity contribution is 7.16. The molecule has 3 rings (SSSR count). The van der Waals surface area contributed by atoms with Gasteiger partial charge in [0.25, 0.3) is 0 Å². The summed E-state index contributed by atoms with van der Waals surface area (Å²) in [6.07, 6.45) is 5.13. The number of carboxylic acids is 1. The Hall–Kier alpha value is -1.50. The van der Waals surface area contributed by atoms with Crippen molar-refractivity contribution in [2.24, 2.45) is 5.41 Å². The Morgan fingerprint density at radius 2 is 2.05 bits per heavy atom. The number of hydrogen-bond acceptors (Lipinski definition) is 5. The Bertz CT molecular complexity index is 655. The van der Waals surface area contributed by atoms with E-state index >= 15 is 0 Å². The van der Waals surface area contributed by atoms with Gasteiger partial charge in [-0.3, -0.25) is 4.79 Å². The first-order chi connectivity index (χ1) is 10.0. The van der Waals surface area contributed by atoms with Gasteiger partial charge >= 0.3 is 5.97 Å². The van der Waals surface area contributed by atoms with Crippen LogP contribution in [-0.4, -0.2) is 30.9 Å². The van der Waals surface area contributed by atoms with Crippen molar-refractivity contribution in [3.63, 3.8) is 0 Å². The van der Waals surface area contributed by atoms with Crippen LogP contribution in [0.15, 0.2) is 0 Å². The van der Waals surface area contributed by atoms with Crippen LogP contribution in [0.2, 0.25) is 0 Å². The number of carboxylic acid groups (broad SMARTS) is 1. The Kier molecular flexibility index (Phi) is 3.69. The summed E-state index contributed by atoms with van der Waals surface area (Å²) in [6, 6.07) is 0. The summed E-state index contributed by atoms with van der Waals surface area (Å²) in [5.74, 6) is 0.399. The molecular formula is C14H20N4O2S. The molecule has 7 heteroatoms. The summed E-state index contributed by atoms with van der Waals surface area (Å²) in [7, 11) is 0. The Labute approximate surface area is 127 Å². The van der Waals surface area contributed by atoms with Gasteiger partial charge < -0.3 is 5.11 Å². The molecule has 1 fully saturated rings. The molecule has 0 bridgehead atoms. The van der Waals surface area contributed by atoms with Gasteiger partial charge in [-0.25, -0.2) is 0 Å². The topological polar surface area (TPSA) is 80.4 Å². The number of aliphatic carboxylic acids is 1. The highest BCUT2D eigenvalue weighted by Gasteiger charge is 2.40. The van der Waals surface area contributed by atoms with Crippen molar-refractivity contribution in [1.82, 2.24) is 19.8 Å². The Balaban J connectivity index is 1.91. The minimum absolute atomic E-state index is 0.248. The molecule has 114 valence electrons. The van der Waals surface area contributed by atoms with Crippen molar-refractivity contribution in [3.05, 3.63) is 10.8 Å². The van der Waals surface area contributed by atoms with Crippen molar-refractivity contribution >= 4 is 22.3 Å². The third-order valence-corrected chi connectivity index (χ3v) is 5.23. The molecule has 2 heterocycles. The van der Waals surface area contributed by atoms with Crippen LogP contribution < -0.4 is 0 Å². The minimum Gasteiger partial charge on any atom is -0.481 e. The van der Waals surface area contributed by atoms with Gasteiger partial charge in [0, 0.05) is 12.3 Å². The molecule has 0 aromatic carbocycles. The molecule has 0 amide bonds. The standard InChI is InChI=1S/C14H20N4O2S/c1-9(2)11-15-16-13-18(11)17-10(21-13)8-14(12(19)20)6-4-3-5-7-14/h9H,3-8H2,1-2H3,(H,19,20). The van der Waals surface area contributed by atoms with E-state index in [4.69, 9.17) is 0 Å². The van der Waals surface area contributed by atoms with Crippen LogP contribution in [0.5, 0.6) is 0 Å². The third kappa shape index (κ3) is 2.54. The fourth-order valence-electron chi connectivity index (χ4n) is 3.09. The van der Waals surface area contributed by atoms with E-state index in [1.807, 2.05) is 0 Å². The van der Waals surface area contributed by atoms with Crippen LogP contribution in [0.4, 0.5) is 0 Å². The summed E-state index contributed by atoms with van der Waals surface area (Å²) in [4.78, 5) is 12.5. The molecule has 1 N–H and O–H groups in total. The van der Waals surface area contributed by atoms with Gasteiger partial charge in [0.2, 0.25) is 4.96 Å². The monoisotopic (exact) mass is 308 g/mol. The van der Waals surface area contributed by atoms with Crippen molar-refractivity contribution in [2.45, 2.75) is 58.3 Å². The molecule has 1 aliphatic carbocycles.